The van der Waals surface area contributed by atoms with Crippen LogP contribution in [0.3, 0.4) is 0 Å². The molecule has 1 fully saturated rings. The number of hydrogen-bond acceptors (Lipinski definition) is 5. The molecular weight excluding hydrogens is 418 g/mol. The number of anilines is 1. The highest BCUT2D eigenvalue weighted by atomic mass is 16.2. The molecule has 0 radical (unpaired) electrons. The van der Waals surface area contributed by atoms with E-state index >= 15 is 0 Å². The van der Waals surface area contributed by atoms with E-state index in [2.05, 4.69) is 20.6 Å². The number of amides is 3. The van der Waals surface area contributed by atoms with Crippen molar-refractivity contribution < 1.29 is 14.4 Å². The van der Waals surface area contributed by atoms with Gasteiger partial charge in [-0.3, -0.25) is 14.4 Å². The quantitative estimate of drug-likeness (QED) is 0.631. The van der Waals surface area contributed by atoms with Crippen LogP contribution in [0.1, 0.15) is 49.6 Å². The van der Waals surface area contributed by atoms with Gasteiger partial charge in [0.15, 0.2) is 11.5 Å². The molecule has 3 amide bonds. The van der Waals surface area contributed by atoms with Crippen LogP contribution in [0.2, 0.25) is 0 Å². The number of rotatable bonds is 5. The average molecular weight is 444 g/mol. The molecule has 2 heterocycles. The molecule has 0 bridgehead atoms. The van der Waals surface area contributed by atoms with Gasteiger partial charge < -0.3 is 15.5 Å². The lowest BCUT2D eigenvalue weighted by Crippen LogP contribution is -2.46. The lowest BCUT2D eigenvalue weighted by Gasteiger charge is -2.32. The first kappa shape index (κ1) is 22.1. The van der Waals surface area contributed by atoms with Crippen molar-refractivity contribution in [1.82, 2.24) is 20.2 Å². The minimum atomic E-state index is -0.408. The molecule has 1 aromatic heterocycles. The van der Waals surface area contributed by atoms with Crippen molar-refractivity contribution in [2.24, 2.45) is 0 Å². The summed E-state index contributed by atoms with van der Waals surface area (Å²) in [6, 6.07) is 16.1. The Morgan fingerprint density at radius 3 is 2.21 bits per heavy atom. The Labute approximate surface area is 192 Å². The molecule has 8 heteroatoms. The van der Waals surface area contributed by atoms with Gasteiger partial charge in [-0.15, -0.1) is 0 Å². The Balaban J connectivity index is 1.35. The van der Waals surface area contributed by atoms with Crippen LogP contribution in [0.25, 0.3) is 0 Å². The number of carbonyl (C=O) groups excluding carboxylic acids is 3. The minimum absolute atomic E-state index is 0.000358. The van der Waals surface area contributed by atoms with Crippen molar-refractivity contribution in [1.29, 1.82) is 0 Å². The molecule has 2 aromatic carbocycles. The smallest absolute Gasteiger partial charge is 0.273 e. The van der Waals surface area contributed by atoms with Crippen LogP contribution in [-0.2, 0) is 0 Å². The zero-order chi connectivity index (χ0) is 23.2. The first-order valence-corrected chi connectivity index (χ1v) is 10.9. The molecule has 0 aliphatic carbocycles. The predicted octanol–water partition coefficient (Wildman–Crippen LogP) is 3.07. The first-order chi connectivity index (χ1) is 16.0. The third kappa shape index (κ3) is 5.41. The number of piperidine rings is 1. The Morgan fingerprint density at radius 1 is 0.848 bits per heavy atom. The molecular formula is C25H25N5O3. The van der Waals surface area contributed by atoms with E-state index in [0.717, 1.165) is 5.56 Å². The fraction of sp³-hybridized carbons (Fsp3) is 0.240. The number of carbonyl (C=O) groups is 3. The lowest BCUT2D eigenvalue weighted by molar-refractivity contribution is 0.0697. The number of likely N-dealkylation sites (tertiary alicyclic amines) is 1. The summed E-state index contributed by atoms with van der Waals surface area (Å²) >= 11 is 0. The van der Waals surface area contributed by atoms with E-state index in [0.29, 0.717) is 37.1 Å². The standard InChI is InChI=1S/C25H25N5O3/c1-17-7-9-19(10-8-17)25(33)30-15-11-20(12-16-30)28-24(32)21-22(27-14-13-26-21)29-23(31)18-5-3-2-4-6-18/h2-10,13-14,20H,11-12,15-16H2,1H3,(H,28,32)(H,27,29,31). The second-order valence-electron chi connectivity index (χ2n) is 7.98. The van der Waals surface area contributed by atoms with Crippen molar-refractivity contribution in [2.75, 3.05) is 18.4 Å². The molecule has 8 nitrogen and oxygen atoms in total. The second-order valence-corrected chi connectivity index (χ2v) is 7.98. The Morgan fingerprint density at radius 2 is 1.52 bits per heavy atom. The van der Waals surface area contributed by atoms with E-state index < -0.39 is 5.91 Å². The van der Waals surface area contributed by atoms with E-state index in [-0.39, 0.29) is 29.4 Å². The molecule has 0 atom stereocenters. The van der Waals surface area contributed by atoms with Crippen molar-refractivity contribution >= 4 is 23.5 Å². The van der Waals surface area contributed by atoms with Gasteiger partial charge in [-0.2, -0.15) is 0 Å². The molecule has 1 aliphatic heterocycles. The molecule has 0 unspecified atom stereocenters. The maximum atomic E-state index is 12.9. The maximum absolute atomic E-state index is 12.9. The molecule has 4 rings (SSSR count). The van der Waals surface area contributed by atoms with E-state index in [1.165, 1.54) is 12.4 Å². The molecule has 33 heavy (non-hydrogen) atoms. The minimum Gasteiger partial charge on any atom is -0.348 e. The van der Waals surface area contributed by atoms with Gasteiger partial charge in [0.1, 0.15) is 0 Å². The van der Waals surface area contributed by atoms with Crippen LogP contribution in [0.4, 0.5) is 5.82 Å². The maximum Gasteiger partial charge on any atom is 0.273 e. The molecule has 3 aromatic rings. The number of hydrogen-bond donors (Lipinski definition) is 2. The molecule has 0 spiro atoms. The third-order valence-corrected chi connectivity index (χ3v) is 5.60. The predicted molar refractivity (Wildman–Crippen MR) is 124 cm³/mol. The summed E-state index contributed by atoms with van der Waals surface area (Å²) in [7, 11) is 0. The van der Waals surface area contributed by atoms with Crippen LogP contribution >= 0.6 is 0 Å². The van der Waals surface area contributed by atoms with Crippen LogP contribution in [0, 0.1) is 6.92 Å². The normalized spacial score (nSPS) is 13.9. The lowest BCUT2D eigenvalue weighted by atomic mass is 10.0. The molecule has 1 saturated heterocycles. The average Bonchev–Trinajstić information content (AvgIpc) is 2.85. The molecule has 1 aliphatic rings. The Kier molecular flexibility index (Phi) is 6.73. The summed E-state index contributed by atoms with van der Waals surface area (Å²) in [5.41, 5.74) is 2.29. The van der Waals surface area contributed by atoms with Crippen LogP contribution in [0.5, 0.6) is 0 Å². The van der Waals surface area contributed by atoms with Gasteiger partial charge in [-0.25, -0.2) is 9.97 Å². The fourth-order valence-corrected chi connectivity index (χ4v) is 3.72. The van der Waals surface area contributed by atoms with Gasteiger partial charge >= 0.3 is 0 Å². The highest BCUT2D eigenvalue weighted by Gasteiger charge is 2.26. The number of benzene rings is 2. The highest BCUT2D eigenvalue weighted by molar-refractivity contribution is 6.07. The Bertz CT molecular complexity index is 1140. The second kappa shape index (κ2) is 10.0. The third-order valence-electron chi connectivity index (χ3n) is 5.60. The highest BCUT2D eigenvalue weighted by Crippen LogP contribution is 2.16. The number of nitrogens with one attached hydrogen (secondary N) is 2. The van der Waals surface area contributed by atoms with E-state index in [1.807, 2.05) is 37.3 Å². The van der Waals surface area contributed by atoms with Gasteiger partial charge in [0.05, 0.1) is 0 Å². The topological polar surface area (TPSA) is 104 Å². The monoisotopic (exact) mass is 443 g/mol. The largest absolute Gasteiger partial charge is 0.348 e. The molecule has 2 N–H and O–H groups in total. The van der Waals surface area contributed by atoms with Crippen molar-refractivity contribution in [3.8, 4) is 0 Å². The fourth-order valence-electron chi connectivity index (χ4n) is 3.72. The van der Waals surface area contributed by atoms with E-state index in [9.17, 15) is 14.4 Å². The zero-order valence-corrected chi connectivity index (χ0v) is 18.3. The SMILES string of the molecule is Cc1ccc(C(=O)N2CCC(NC(=O)c3nccnc3NC(=O)c3ccccc3)CC2)cc1. The Hall–Kier alpha value is -4.07. The number of aromatic nitrogens is 2. The van der Waals surface area contributed by atoms with Gasteiger partial charge in [-0.1, -0.05) is 35.9 Å². The summed E-state index contributed by atoms with van der Waals surface area (Å²) in [4.78, 5) is 48.1. The summed E-state index contributed by atoms with van der Waals surface area (Å²) in [6.07, 6.45) is 4.10. The number of aryl methyl sites for hydroxylation is 1. The zero-order valence-electron chi connectivity index (χ0n) is 18.3. The summed E-state index contributed by atoms with van der Waals surface area (Å²) < 4.78 is 0. The summed E-state index contributed by atoms with van der Waals surface area (Å²) in [5.74, 6) is -0.668. The van der Waals surface area contributed by atoms with Crippen molar-refractivity contribution in [2.45, 2.75) is 25.8 Å². The van der Waals surface area contributed by atoms with Crippen molar-refractivity contribution in [3.05, 3.63) is 89.4 Å². The van der Waals surface area contributed by atoms with E-state index in [1.54, 1.807) is 29.2 Å². The van der Waals surface area contributed by atoms with Gasteiger partial charge in [0, 0.05) is 42.7 Å². The molecule has 168 valence electrons. The van der Waals surface area contributed by atoms with Gasteiger partial charge in [0.2, 0.25) is 0 Å². The molecule has 0 saturated carbocycles. The summed E-state index contributed by atoms with van der Waals surface area (Å²) in [5, 5.41) is 5.63. The van der Waals surface area contributed by atoms with Gasteiger partial charge in [0.25, 0.3) is 17.7 Å². The number of nitrogens with zero attached hydrogens (tertiary/aromatic N) is 3. The van der Waals surface area contributed by atoms with Crippen LogP contribution < -0.4 is 10.6 Å². The van der Waals surface area contributed by atoms with Crippen LogP contribution in [0.15, 0.2) is 67.0 Å². The van der Waals surface area contributed by atoms with Crippen molar-refractivity contribution in [3.63, 3.8) is 0 Å². The van der Waals surface area contributed by atoms with Gasteiger partial charge in [-0.05, 0) is 44.0 Å². The summed E-state index contributed by atoms with van der Waals surface area (Å²) in [6.45, 7) is 3.09. The van der Waals surface area contributed by atoms with E-state index in [4.69, 9.17) is 0 Å². The first-order valence-electron chi connectivity index (χ1n) is 10.9. The van der Waals surface area contributed by atoms with Crippen LogP contribution in [-0.4, -0.2) is 51.7 Å².